The van der Waals surface area contributed by atoms with E-state index >= 15 is 0 Å². The SMILES string of the molecule is Cc1cc(N/N=C/c2cc(Cl)cc(Cl)c2O)nc(N2CCOCC2)n1. The predicted octanol–water partition coefficient (Wildman–Crippen LogP) is 3.08. The molecule has 0 bridgehead atoms. The van der Waals surface area contributed by atoms with Crippen LogP contribution in [0.4, 0.5) is 11.8 Å². The molecular weight excluding hydrogens is 365 g/mol. The van der Waals surface area contributed by atoms with Crippen molar-refractivity contribution in [1.29, 1.82) is 0 Å². The lowest BCUT2D eigenvalue weighted by Crippen LogP contribution is -2.37. The zero-order valence-electron chi connectivity index (χ0n) is 13.5. The average Bonchev–Trinajstić information content (AvgIpc) is 2.59. The standard InChI is InChI=1S/C16H17Cl2N5O2/c1-10-6-14(21-16(20-10)23-2-4-25-5-3-23)22-19-9-11-7-12(17)8-13(18)15(11)24/h6-9,24H,2-5H2,1H3,(H,20,21,22)/b19-9+. The average molecular weight is 382 g/mol. The lowest BCUT2D eigenvalue weighted by Gasteiger charge is -2.27. The fraction of sp³-hybridized carbons (Fsp3) is 0.312. The van der Waals surface area contributed by atoms with Gasteiger partial charge >= 0.3 is 0 Å². The summed E-state index contributed by atoms with van der Waals surface area (Å²) in [6.45, 7) is 4.71. The number of aryl methyl sites for hydroxylation is 1. The van der Waals surface area contributed by atoms with Crippen LogP contribution in [0, 0.1) is 6.92 Å². The van der Waals surface area contributed by atoms with Crippen LogP contribution in [0.1, 0.15) is 11.3 Å². The van der Waals surface area contributed by atoms with Crippen LogP contribution in [0.5, 0.6) is 5.75 Å². The summed E-state index contributed by atoms with van der Waals surface area (Å²) < 4.78 is 5.34. The third kappa shape index (κ3) is 4.50. The molecule has 0 radical (unpaired) electrons. The third-order valence-electron chi connectivity index (χ3n) is 3.58. The summed E-state index contributed by atoms with van der Waals surface area (Å²) in [7, 11) is 0. The summed E-state index contributed by atoms with van der Waals surface area (Å²) >= 11 is 11.8. The van der Waals surface area contributed by atoms with E-state index < -0.39 is 0 Å². The molecule has 9 heteroatoms. The number of halogens is 2. The Kier molecular flexibility index (Phi) is 5.57. The minimum atomic E-state index is -0.0792. The number of nitrogens with zero attached hydrogens (tertiary/aromatic N) is 4. The lowest BCUT2D eigenvalue weighted by atomic mass is 10.2. The fourth-order valence-electron chi connectivity index (χ4n) is 2.37. The Balaban J connectivity index is 1.76. The largest absolute Gasteiger partial charge is 0.506 e. The number of phenolic OH excluding ortho intramolecular Hbond substituents is 1. The number of hydrogen-bond donors (Lipinski definition) is 2. The van der Waals surface area contributed by atoms with Crippen molar-refractivity contribution in [2.45, 2.75) is 6.92 Å². The first-order chi connectivity index (χ1) is 12.0. The maximum atomic E-state index is 9.92. The Bertz CT molecular complexity index is 794. The van der Waals surface area contributed by atoms with Crippen molar-refractivity contribution in [2.75, 3.05) is 36.6 Å². The van der Waals surface area contributed by atoms with Crippen LogP contribution in [-0.2, 0) is 4.74 Å². The van der Waals surface area contributed by atoms with Gasteiger partial charge in [0.05, 0.1) is 24.5 Å². The van der Waals surface area contributed by atoms with E-state index in [1.807, 2.05) is 6.92 Å². The summed E-state index contributed by atoms with van der Waals surface area (Å²) in [4.78, 5) is 11.0. The van der Waals surface area contributed by atoms with Crippen LogP contribution >= 0.6 is 23.2 Å². The number of aromatic nitrogens is 2. The van der Waals surface area contributed by atoms with Gasteiger partial charge in [0.15, 0.2) is 5.82 Å². The maximum Gasteiger partial charge on any atom is 0.227 e. The van der Waals surface area contributed by atoms with Crippen LogP contribution in [0.15, 0.2) is 23.3 Å². The summed E-state index contributed by atoms with van der Waals surface area (Å²) in [5.41, 5.74) is 4.07. The van der Waals surface area contributed by atoms with Gasteiger partial charge in [0.25, 0.3) is 0 Å². The molecule has 0 atom stereocenters. The summed E-state index contributed by atoms with van der Waals surface area (Å²) in [5, 5.41) is 14.6. The first-order valence-corrected chi connectivity index (χ1v) is 8.44. The Morgan fingerprint density at radius 2 is 2.00 bits per heavy atom. The van der Waals surface area contributed by atoms with Crippen molar-refractivity contribution < 1.29 is 9.84 Å². The smallest absolute Gasteiger partial charge is 0.227 e. The van der Waals surface area contributed by atoms with Gasteiger partial charge in [-0.2, -0.15) is 10.1 Å². The second-order valence-electron chi connectivity index (χ2n) is 5.49. The monoisotopic (exact) mass is 381 g/mol. The van der Waals surface area contributed by atoms with Crippen LogP contribution in [0.2, 0.25) is 10.0 Å². The number of nitrogens with one attached hydrogen (secondary N) is 1. The van der Waals surface area contributed by atoms with Crippen LogP contribution in [0.3, 0.4) is 0 Å². The molecule has 3 rings (SSSR count). The predicted molar refractivity (Wildman–Crippen MR) is 99.1 cm³/mol. The van der Waals surface area contributed by atoms with Gasteiger partial charge < -0.3 is 14.7 Å². The molecule has 1 aromatic heterocycles. The highest BCUT2D eigenvalue weighted by Crippen LogP contribution is 2.30. The number of ether oxygens (including phenoxy) is 1. The second kappa shape index (κ2) is 7.86. The van der Waals surface area contributed by atoms with Gasteiger partial charge in [0, 0.05) is 35.4 Å². The van der Waals surface area contributed by atoms with Crippen molar-refractivity contribution in [1.82, 2.24) is 9.97 Å². The topological polar surface area (TPSA) is 82.9 Å². The van der Waals surface area contributed by atoms with E-state index in [9.17, 15) is 5.11 Å². The van der Waals surface area contributed by atoms with Gasteiger partial charge in [-0.1, -0.05) is 23.2 Å². The number of anilines is 2. The Morgan fingerprint density at radius 3 is 2.76 bits per heavy atom. The van der Waals surface area contributed by atoms with Crippen LogP contribution < -0.4 is 10.3 Å². The summed E-state index contributed by atoms with van der Waals surface area (Å²) in [5.74, 6) is 1.11. The van der Waals surface area contributed by atoms with E-state index in [1.54, 1.807) is 12.1 Å². The lowest BCUT2D eigenvalue weighted by molar-refractivity contribution is 0.122. The van der Waals surface area contributed by atoms with E-state index in [2.05, 4.69) is 25.4 Å². The third-order valence-corrected chi connectivity index (χ3v) is 4.08. The number of benzene rings is 1. The highest BCUT2D eigenvalue weighted by atomic mass is 35.5. The molecule has 2 N–H and O–H groups in total. The molecule has 25 heavy (non-hydrogen) atoms. The molecule has 0 unspecified atom stereocenters. The van der Waals surface area contributed by atoms with Gasteiger partial charge in [-0.15, -0.1) is 0 Å². The summed E-state index contributed by atoms with van der Waals surface area (Å²) in [6, 6.07) is 4.82. The van der Waals surface area contributed by atoms with Gasteiger partial charge in [-0.3, -0.25) is 5.43 Å². The van der Waals surface area contributed by atoms with E-state index in [0.717, 1.165) is 18.8 Å². The van der Waals surface area contributed by atoms with E-state index in [4.69, 9.17) is 27.9 Å². The second-order valence-corrected chi connectivity index (χ2v) is 6.33. The number of phenols is 1. The van der Waals surface area contributed by atoms with Gasteiger partial charge in [-0.05, 0) is 19.1 Å². The van der Waals surface area contributed by atoms with Crippen molar-refractivity contribution in [3.8, 4) is 5.75 Å². The molecule has 2 heterocycles. The highest BCUT2D eigenvalue weighted by molar-refractivity contribution is 6.36. The molecule has 2 aromatic rings. The number of aromatic hydroxyl groups is 1. The zero-order chi connectivity index (χ0) is 17.8. The van der Waals surface area contributed by atoms with Gasteiger partial charge in [-0.25, -0.2) is 4.98 Å². The molecule has 7 nitrogen and oxygen atoms in total. The molecule has 1 aliphatic heterocycles. The molecule has 1 saturated heterocycles. The quantitative estimate of drug-likeness (QED) is 0.625. The van der Waals surface area contributed by atoms with Crippen LogP contribution in [-0.4, -0.2) is 47.6 Å². The van der Waals surface area contributed by atoms with Gasteiger partial charge in [0.1, 0.15) is 5.75 Å². The first-order valence-electron chi connectivity index (χ1n) is 7.68. The molecule has 1 aliphatic rings. The van der Waals surface area contributed by atoms with Crippen LogP contribution in [0.25, 0.3) is 0 Å². The molecule has 132 valence electrons. The van der Waals surface area contributed by atoms with Crippen molar-refractivity contribution in [3.63, 3.8) is 0 Å². The molecule has 0 amide bonds. The van der Waals surface area contributed by atoms with E-state index in [-0.39, 0.29) is 10.8 Å². The van der Waals surface area contributed by atoms with Gasteiger partial charge in [0.2, 0.25) is 5.95 Å². The summed E-state index contributed by atoms with van der Waals surface area (Å²) in [6.07, 6.45) is 1.43. The Labute approximate surface area is 155 Å². The number of hydrogen-bond acceptors (Lipinski definition) is 7. The minimum absolute atomic E-state index is 0.0792. The normalized spacial score (nSPS) is 14.9. The molecule has 1 aromatic carbocycles. The van der Waals surface area contributed by atoms with E-state index in [0.29, 0.717) is 35.6 Å². The zero-order valence-corrected chi connectivity index (χ0v) is 15.0. The molecule has 0 saturated carbocycles. The molecule has 0 aliphatic carbocycles. The highest BCUT2D eigenvalue weighted by Gasteiger charge is 2.14. The van der Waals surface area contributed by atoms with E-state index in [1.165, 1.54) is 12.3 Å². The van der Waals surface area contributed by atoms with Crippen molar-refractivity contribution >= 4 is 41.2 Å². The number of hydrazone groups is 1. The first kappa shape index (κ1) is 17.7. The van der Waals surface area contributed by atoms with Crippen molar-refractivity contribution in [2.24, 2.45) is 5.10 Å². The maximum absolute atomic E-state index is 9.92. The van der Waals surface area contributed by atoms with Crippen molar-refractivity contribution in [3.05, 3.63) is 39.5 Å². The minimum Gasteiger partial charge on any atom is -0.506 e. The Morgan fingerprint density at radius 1 is 1.24 bits per heavy atom. The molecule has 1 fully saturated rings. The Hall–Kier alpha value is -2.09. The number of rotatable bonds is 4. The molecule has 0 spiro atoms. The molecular formula is C16H17Cl2N5O2. The number of morpholine rings is 1. The fourth-order valence-corrected chi connectivity index (χ4v) is 2.88.